The predicted octanol–water partition coefficient (Wildman–Crippen LogP) is 2.70. The molecule has 0 saturated heterocycles. The van der Waals surface area contributed by atoms with Crippen LogP contribution in [0.25, 0.3) is 0 Å². The minimum Gasteiger partial charge on any atom is -0.497 e. The number of carbonyl (C=O) groups is 1. The third kappa shape index (κ3) is 2.60. The molecule has 3 heteroatoms. The number of carbonyl (C=O) groups excluding carboxylic acids is 1. The normalized spacial score (nSPS) is 27.8. The molecule has 3 rings (SSSR count). The first-order valence-corrected chi connectivity index (χ1v) is 7.05. The fraction of sp³-hybridized carbons (Fsp3) is 0.562. The van der Waals surface area contributed by atoms with E-state index < -0.39 is 0 Å². The smallest absolute Gasteiger partial charge is 0.225 e. The molecule has 2 saturated carbocycles. The number of hydrogen-bond acceptors (Lipinski definition) is 2. The highest BCUT2D eigenvalue weighted by Gasteiger charge is 2.48. The highest BCUT2D eigenvalue weighted by Crippen LogP contribution is 2.54. The zero-order valence-corrected chi connectivity index (χ0v) is 11.6. The molecule has 0 radical (unpaired) electrons. The number of amides is 1. The van der Waals surface area contributed by atoms with Gasteiger partial charge in [-0.1, -0.05) is 12.1 Å². The van der Waals surface area contributed by atoms with Crippen LogP contribution >= 0.6 is 0 Å². The minimum absolute atomic E-state index is 0.284. The van der Waals surface area contributed by atoms with Crippen molar-refractivity contribution < 1.29 is 9.53 Å². The molecule has 0 aromatic heterocycles. The van der Waals surface area contributed by atoms with Gasteiger partial charge in [0.2, 0.25) is 5.91 Å². The molecule has 0 heterocycles. The third-order valence-electron chi connectivity index (χ3n) is 4.55. The maximum absolute atomic E-state index is 12.3. The summed E-state index contributed by atoms with van der Waals surface area (Å²) in [5.41, 5.74) is 1.15. The molecule has 0 N–H and O–H groups in total. The van der Waals surface area contributed by atoms with Gasteiger partial charge in [0.15, 0.2) is 0 Å². The van der Waals surface area contributed by atoms with Crippen LogP contribution in [-0.4, -0.2) is 25.0 Å². The summed E-state index contributed by atoms with van der Waals surface area (Å²) in [6.07, 6.45) is 3.61. The molecule has 0 aliphatic heterocycles. The van der Waals surface area contributed by atoms with Gasteiger partial charge < -0.3 is 9.64 Å². The van der Waals surface area contributed by atoms with Crippen molar-refractivity contribution in [2.24, 2.45) is 17.8 Å². The number of fused-ring (bicyclic) bond motifs is 1. The van der Waals surface area contributed by atoms with E-state index in [9.17, 15) is 4.79 Å². The lowest BCUT2D eigenvalue weighted by Crippen LogP contribution is -2.31. The van der Waals surface area contributed by atoms with Gasteiger partial charge in [0.1, 0.15) is 5.75 Å². The second-order valence-electron chi connectivity index (χ2n) is 5.97. The molecule has 3 nitrogen and oxygen atoms in total. The average Bonchev–Trinajstić information content (AvgIpc) is 3.05. The lowest BCUT2D eigenvalue weighted by molar-refractivity contribution is -0.134. The van der Waals surface area contributed by atoms with Crippen LogP contribution < -0.4 is 4.74 Å². The molecule has 2 fully saturated rings. The summed E-state index contributed by atoms with van der Waals surface area (Å²) in [6, 6.07) is 7.93. The van der Waals surface area contributed by atoms with Gasteiger partial charge in [-0.3, -0.25) is 4.79 Å². The van der Waals surface area contributed by atoms with E-state index in [0.29, 0.717) is 12.5 Å². The molecule has 2 aliphatic carbocycles. The highest BCUT2D eigenvalue weighted by atomic mass is 16.5. The molecule has 102 valence electrons. The molecular weight excluding hydrogens is 238 g/mol. The van der Waals surface area contributed by atoms with E-state index in [-0.39, 0.29) is 5.92 Å². The van der Waals surface area contributed by atoms with Crippen LogP contribution in [0.5, 0.6) is 5.75 Å². The monoisotopic (exact) mass is 259 g/mol. The van der Waals surface area contributed by atoms with Gasteiger partial charge >= 0.3 is 0 Å². The Kier molecular flexibility index (Phi) is 3.21. The Morgan fingerprint density at radius 2 is 1.84 bits per heavy atom. The molecule has 19 heavy (non-hydrogen) atoms. The number of hydrogen-bond donors (Lipinski definition) is 0. The number of rotatable bonds is 4. The van der Waals surface area contributed by atoms with Crippen molar-refractivity contribution >= 4 is 5.91 Å². The Labute approximate surface area is 114 Å². The first kappa shape index (κ1) is 12.5. The van der Waals surface area contributed by atoms with E-state index in [1.165, 1.54) is 6.42 Å². The van der Waals surface area contributed by atoms with Crippen LogP contribution in [0.4, 0.5) is 0 Å². The summed E-state index contributed by atoms with van der Waals surface area (Å²) in [5.74, 6) is 3.19. The van der Waals surface area contributed by atoms with Gasteiger partial charge in [-0.25, -0.2) is 0 Å². The highest BCUT2D eigenvalue weighted by molar-refractivity contribution is 5.79. The second kappa shape index (κ2) is 4.87. The topological polar surface area (TPSA) is 29.5 Å². The van der Waals surface area contributed by atoms with Crippen molar-refractivity contribution in [2.45, 2.75) is 25.8 Å². The maximum Gasteiger partial charge on any atom is 0.225 e. The molecule has 1 aromatic rings. The number of ether oxygens (including phenoxy) is 1. The van der Waals surface area contributed by atoms with Gasteiger partial charge in [-0.05, 0) is 48.8 Å². The van der Waals surface area contributed by atoms with E-state index in [4.69, 9.17) is 4.74 Å². The fourth-order valence-corrected chi connectivity index (χ4v) is 3.31. The first-order valence-electron chi connectivity index (χ1n) is 7.05. The Morgan fingerprint density at radius 3 is 2.42 bits per heavy atom. The zero-order valence-electron chi connectivity index (χ0n) is 11.6. The summed E-state index contributed by atoms with van der Waals surface area (Å²) < 4.78 is 5.14. The van der Waals surface area contributed by atoms with Crippen molar-refractivity contribution in [2.75, 3.05) is 14.2 Å². The van der Waals surface area contributed by atoms with Gasteiger partial charge in [0.05, 0.1) is 7.11 Å². The van der Waals surface area contributed by atoms with Crippen molar-refractivity contribution in [3.8, 4) is 5.75 Å². The van der Waals surface area contributed by atoms with Crippen molar-refractivity contribution in [1.29, 1.82) is 0 Å². The molecule has 2 unspecified atom stereocenters. The van der Waals surface area contributed by atoms with Crippen LogP contribution in [0.2, 0.25) is 0 Å². The van der Waals surface area contributed by atoms with Gasteiger partial charge in [0, 0.05) is 19.5 Å². The Morgan fingerprint density at radius 1 is 1.21 bits per heavy atom. The van der Waals surface area contributed by atoms with Crippen molar-refractivity contribution in [3.05, 3.63) is 29.8 Å². The molecule has 0 bridgehead atoms. The van der Waals surface area contributed by atoms with E-state index in [0.717, 1.165) is 36.0 Å². The lowest BCUT2D eigenvalue weighted by atomic mass is 10.0. The molecule has 2 aliphatic rings. The number of methoxy groups -OCH3 is 1. The largest absolute Gasteiger partial charge is 0.497 e. The van der Waals surface area contributed by atoms with Crippen LogP contribution in [0.3, 0.4) is 0 Å². The standard InChI is InChI=1S/C16H21NO2/c1-17(10-11-3-5-15(19-2)6-4-11)16(18)14-8-12-7-13(12)9-14/h3-6,12-14H,7-10H2,1-2H3. The van der Waals surface area contributed by atoms with E-state index in [1.54, 1.807) is 7.11 Å². The minimum atomic E-state index is 0.284. The quantitative estimate of drug-likeness (QED) is 0.832. The summed E-state index contributed by atoms with van der Waals surface area (Å²) in [4.78, 5) is 14.2. The molecule has 1 aromatic carbocycles. The van der Waals surface area contributed by atoms with E-state index in [2.05, 4.69) is 0 Å². The van der Waals surface area contributed by atoms with Crippen molar-refractivity contribution in [3.63, 3.8) is 0 Å². The third-order valence-corrected chi connectivity index (χ3v) is 4.55. The van der Waals surface area contributed by atoms with Crippen LogP contribution in [0.15, 0.2) is 24.3 Å². The lowest BCUT2D eigenvalue weighted by Gasteiger charge is -2.22. The van der Waals surface area contributed by atoms with Gasteiger partial charge in [-0.2, -0.15) is 0 Å². The maximum atomic E-state index is 12.3. The first-order chi connectivity index (χ1) is 9.17. The zero-order chi connectivity index (χ0) is 13.4. The summed E-state index contributed by atoms with van der Waals surface area (Å²) >= 11 is 0. The Bertz CT molecular complexity index is 458. The molecular formula is C16H21NO2. The Balaban J connectivity index is 1.57. The SMILES string of the molecule is COc1ccc(CN(C)C(=O)C2CC3CC3C2)cc1. The predicted molar refractivity (Wildman–Crippen MR) is 73.8 cm³/mol. The van der Waals surface area contributed by atoms with Crippen LogP contribution in [0.1, 0.15) is 24.8 Å². The number of benzene rings is 1. The van der Waals surface area contributed by atoms with Gasteiger partial charge in [-0.15, -0.1) is 0 Å². The number of nitrogens with zero attached hydrogens (tertiary/aromatic N) is 1. The van der Waals surface area contributed by atoms with Crippen molar-refractivity contribution in [1.82, 2.24) is 4.90 Å². The molecule has 2 atom stereocenters. The summed E-state index contributed by atoms with van der Waals surface area (Å²) in [5, 5.41) is 0. The fourth-order valence-electron chi connectivity index (χ4n) is 3.31. The molecule has 1 amide bonds. The van der Waals surface area contributed by atoms with E-state index >= 15 is 0 Å². The summed E-state index contributed by atoms with van der Waals surface area (Å²) in [7, 11) is 3.58. The average molecular weight is 259 g/mol. The summed E-state index contributed by atoms with van der Waals surface area (Å²) in [6.45, 7) is 0.689. The molecule has 0 spiro atoms. The van der Waals surface area contributed by atoms with Crippen LogP contribution in [-0.2, 0) is 11.3 Å². The Hall–Kier alpha value is -1.51. The van der Waals surface area contributed by atoms with Crippen LogP contribution in [0, 0.1) is 17.8 Å². The second-order valence-corrected chi connectivity index (χ2v) is 5.97. The van der Waals surface area contributed by atoms with Gasteiger partial charge in [0.25, 0.3) is 0 Å². The van der Waals surface area contributed by atoms with E-state index in [1.807, 2.05) is 36.2 Å².